The van der Waals surface area contributed by atoms with Gasteiger partial charge in [0.1, 0.15) is 0 Å². The van der Waals surface area contributed by atoms with Crippen molar-refractivity contribution >= 4 is 18.3 Å². The first-order valence-corrected chi connectivity index (χ1v) is 4.33. The molecule has 90 valence electrons. The average molecular weight is 247 g/mol. The van der Waals surface area contributed by atoms with Gasteiger partial charge < -0.3 is 10.2 Å². The van der Waals surface area contributed by atoms with Crippen molar-refractivity contribution in [3.8, 4) is 0 Å². The van der Waals surface area contributed by atoms with Gasteiger partial charge >= 0.3 is 12.1 Å². The van der Waals surface area contributed by atoms with Crippen molar-refractivity contribution in [1.29, 1.82) is 0 Å². The molecule has 0 aromatic heterocycles. The van der Waals surface area contributed by atoms with E-state index in [0.29, 0.717) is 19.5 Å². The molecular weight excluding hydrogens is 233 g/mol. The van der Waals surface area contributed by atoms with Crippen molar-refractivity contribution in [1.82, 2.24) is 10.2 Å². The van der Waals surface area contributed by atoms with E-state index < -0.39 is 17.6 Å². The van der Waals surface area contributed by atoms with E-state index in [1.807, 2.05) is 0 Å². The zero-order valence-electron chi connectivity index (χ0n) is 8.52. The fourth-order valence-electron chi connectivity index (χ4n) is 1.53. The van der Waals surface area contributed by atoms with Gasteiger partial charge in [0, 0.05) is 13.6 Å². The maximum atomic E-state index is 12.1. The van der Waals surface area contributed by atoms with Crippen molar-refractivity contribution < 1.29 is 18.0 Å². The summed E-state index contributed by atoms with van der Waals surface area (Å²) in [6.07, 6.45) is -4.23. The molecule has 3 nitrogen and oxygen atoms in total. The van der Waals surface area contributed by atoms with Crippen LogP contribution in [0.15, 0.2) is 0 Å². The molecule has 0 bridgehead atoms. The number of alkyl halides is 3. The van der Waals surface area contributed by atoms with Crippen LogP contribution in [0, 0.1) is 0 Å². The average Bonchev–Trinajstić information content (AvgIpc) is 2.49. The van der Waals surface area contributed by atoms with Gasteiger partial charge in [-0.25, -0.2) is 0 Å². The van der Waals surface area contributed by atoms with Crippen molar-refractivity contribution in [3.05, 3.63) is 0 Å². The second-order valence-electron chi connectivity index (χ2n) is 3.79. The summed E-state index contributed by atoms with van der Waals surface area (Å²) in [5.41, 5.74) is -0.716. The number of carbonyl (C=O) groups excluding carboxylic acids is 1. The Morgan fingerprint density at radius 1 is 1.47 bits per heavy atom. The summed E-state index contributed by atoms with van der Waals surface area (Å²) in [6, 6.07) is 0. The quantitative estimate of drug-likeness (QED) is 0.754. The normalized spacial score (nSPS) is 25.9. The molecule has 1 N–H and O–H groups in total. The molecule has 1 saturated heterocycles. The minimum atomic E-state index is -4.78. The van der Waals surface area contributed by atoms with Gasteiger partial charge in [0.2, 0.25) is 0 Å². The summed E-state index contributed by atoms with van der Waals surface area (Å²) < 4.78 is 36.3. The molecule has 0 radical (unpaired) electrons. The molecule has 1 fully saturated rings. The van der Waals surface area contributed by atoms with Crippen molar-refractivity contribution in [2.75, 3.05) is 20.1 Å². The molecule has 0 aromatic carbocycles. The second kappa shape index (κ2) is 4.57. The van der Waals surface area contributed by atoms with Gasteiger partial charge in [-0.2, -0.15) is 13.2 Å². The van der Waals surface area contributed by atoms with Crippen LogP contribution in [-0.2, 0) is 4.79 Å². The van der Waals surface area contributed by atoms with E-state index in [4.69, 9.17) is 0 Å². The van der Waals surface area contributed by atoms with Crippen LogP contribution >= 0.6 is 12.4 Å². The molecule has 1 aliphatic heterocycles. The number of nitrogens with zero attached hydrogens (tertiary/aromatic N) is 1. The summed E-state index contributed by atoms with van der Waals surface area (Å²) in [6.45, 7) is 2.70. The number of hydrogen-bond donors (Lipinski definition) is 1. The molecule has 0 spiro atoms. The summed E-state index contributed by atoms with van der Waals surface area (Å²) in [4.78, 5) is 11.7. The van der Waals surface area contributed by atoms with Gasteiger partial charge in [-0.1, -0.05) is 0 Å². The van der Waals surface area contributed by atoms with E-state index in [2.05, 4.69) is 5.32 Å². The maximum Gasteiger partial charge on any atom is 0.471 e. The highest BCUT2D eigenvalue weighted by Crippen LogP contribution is 2.26. The van der Waals surface area contributed by atoms with E-state index in [0.717, 1.165) is 4.90 Å². The highest BCUT2D eigenvalue weighted by atomic mass is 35.5. The molecule has 1 atom stereocenters. The predicted molar refractivity (Wildman–Crippen MR) is 52.0 cm³/mol. The minimum Gasteiger partial charge on any atom is -0.331 e. The third kappa shape index (κ3) is 2.98. The van der Waals surface area contributed by atoms with Crippen molar-refractivity contribution in [2.24, 2.45) is 0 Å². The van der Waals surface area contributed by atoms with Gasteiger partial charge in [0.05, 0.1) is 5.54 Å². The Hall–Kier alpha value is -0.490. The van der Waals surface area contributed by atoms with Crippen LogP contribution in [-0.4, -0.2) is 42.7 Å². The Bertz CT molecular complexity index is 239. The second-order valence-corrected chi connectivity index (χ2v) is 3.79. The molecule has 15 heavy (non-hydrogen) atoms. The number of nitrogens with one attached hydrogen (secondary N) is 1. The molecule has 1 aliphatic rings. The van der Waals surface area contributed by atoms with E-state index in [1.54, 1.807) is 6.92 Å². The lowest BCUT2D eigenvalue weighted by atomic mass is 9.99. The molecule has 1 unspecified atom stereocenters. The van der Waals surface area contributed by atoms with Gasteiger partial charge in [0.25, 0.3) is 0 Å². The number of hydrogen-bond acceptors (Lipinski definition) is 2. The lowest BCUT2D eigenvalue weighted by molar-refractivity contribution is -0.188. The van der Waals surface area contributed by atoms with Gasteiger partial charge in [0.15, 0.2) is 0 Å². The Balaban J connectivity index is 0.00000196. The summed E-state index contributed by atoms with van der Waals surface area (Å²) in [5.74, 6) is -1.77. The van der Waals surface area contributed by atoms with Crippen LogP contribution in [0.25, 0.3) is 0 Å². The fourth-order valence-corrected chi connectivity index (χ4v) is 1.53. The highest BCUT2D eigenvalue weighted by molar-refractivity contribution is 5.85. The van der Waals surface area contributed by atoms with Crippen LogP contribution in [0.3, 0.4) is 0 Å². The van der Waals surface area contributed by atoms with Crippen molar-refractivity contribution in [3.63, 3.8) is 0 Å². The van der Waals surface area contributed by atoms with E-state index in [-0.39, 0.29) is 12.4 Å². The zero-order valence-corrected chi connectivity index (χ0v) is 9.34. The van der Waals surface area contributed by atoms with E-state index >= 15 is 0 Å². The first kappa shape index (κ1) is 14.5. The number of carbonyl (C=O) groups is 1. The summed E-state index contributed by atoms with van der Waals surface area (Å²) in [7, 11) is 1.20. The third-order valence-corrected chi connectivity index (χ3v) is 2.70. The van der Waals surface area contributed by atoms with Crippen molar-refractivity contribution in [2.45, 2.75) is 25.1 Å². The molecule has 1 amide bonds. The van der Waals surface area contributed by atoms with Crippen LogP contribution in [0.5, 0.6) is 0 Å². The SMILES string of the molecule is CN(C(=O)C(F)(F)F)C1(C)CCNC1.Cl. The van der Waals surface area contributed by atoms with Crippen LogP contribution in [0.2, 0.25) is 0 Å². The first-order valence-electron chi connectivity index (χ1n) is 4.33. The molecule has 7 heteroatoms. The minimum absolute atomic E-state index is 0. The lowest BCUT2D eigenvalue weighted by Gasteiger charge is -2.35. The van der Waals surface area contributed by atoms with E-state index in [1.165, 1.54) is 7.05 Å². The number of rotatable bonds is 1. The van der Waals surface area contributed by atoms with Crippen LogP contribution in [0.4, 0.5) is 13.2 Å². The molecule has 0 aromatic rings. The number of amides is 1. The van der Waals surface area contributed by atoms with E-state index in [9.17, 15) is 18.0 Å². The highest BCUT2D eigenvalue weighted by Gasteiger charge is 2.47. The topological polar surface area (TPSA) is 32.3 Å². The van der Waals surface area contributed by atoms with Gasteiger partial charge in [-0.3, -0.25) is 4.79 Å². The molecule has 1 rings (SSSR count). The third-order valence-electron chi connectivity index (χ3n) is 2.70. The maximum absolute atomic E-state index is 12.1. The summed E-state index contributed by atoms with van der Waals surface area (Å²) >= 11 is 0. The standard InChI is InChI=1S/C8H13F3N2O.ClH/c1-7(3-4-12-5-7)13(2)6(14)8(9,10)11;/h12H,3-5H2,1-2H3;1H. The van der Waals surface area contributed by atoms with Gasteiger partial charge in [-0.15, -0.1) is 12.4 Å². The Labute approximate surface area is 92.4 Å². The Morgan fingerprint density at radius 2 is 2.00 bits per heavy atom. The fraction of sp³-hybridized carbons (Fsp3) is 0.875. The Kier molecular flexibility index (Phi) is 4.42. The monoisotopic (exact) mass is 246 g/mol. The number of likely N-dealkylation sites (N-methyl/N-ethyl adjacent to an activating group) is 1. The molecule has 0 saturated carbocycles. The summed E-state index contributed by atoms with van der Waals surface area (Å²) in [5, 5.41) is 2.94. The largest absolute Gasteiger partial charge is 0.471 e. The molecule has 1 heterocycles. The van der Waals surface area contributed by atoms with Crippen LogP contribution < -0.4 is 5.32 Å². The Morgan fingerprint density at radius 3 is 2.33 bits per heavy atom. The molecule has 0 aliphatic carbocycles. The zero-order chi connectivity index (χ0) is 11.0. The predicted octanol–water partition coefficient (Wildman–Crippen LogP) is 1.18. The first-order chi connectivity index (χ1) is 6.27. The lowest BCUT2D eigenvalue weighted by Crippen LogP contribution is -2.53. The van der Waals surface area contributed by atoms with Crippen LogP contribution in [0.1, 0.15) is 13.3 Å². The van der Waals surface area contributed by atoms with Gasteiger partial charge in [-0.05, 0) is 19.9 Å². The number of halogens is 4. The smallest absolute Gasteiger partial charge is 0.331 e. The molecular formula is C8H14ClF3N2O.